The van der Waals surface area contributed by atoms with Gasteiger partial charge in [0.25, 0.3) is 0 Å². The molecule has 0 spiro atoms. The molecule has 6 nitrogen and oxygen atoms in total. The van der Waals surface area contributed by atoms with Crippen LogP contribution in [0.3, 0.4) is 0 Å². The van der Waals surface area contributed by atoms with Crippen LogP contribution in [0.2, 0.25) is 5.02 Å². The Kier molecular flexibility index (Phi) is 5.28. The Morgan fingerprint density at radius 3 is 2.78 bits per heavy atom. The van der Waals surface area contributed by atoms with Crippen molar-refractivity contribution in [3.05, 3.63) is 68.4 Å². The third-order valence-corrected chi connectivity index (χ3v) is 3.57. The van der Waals surface area contributed by atoms with Gasteiger partial charge in [0.2, 0.25) is 0 Å². The van der Waals surface area contributed by atoms with Crippen molar-refractivity contribution in [1.29, 1.82) is 0 Å². The minimum Gasteiger partial charge on any atom is -0.388 e. The number of carbonyl (C=O) groups is 1. The molecule has 8 heteroatoms. The molecule has 2 rings (SSSR count). The molecule has 0 aliphatic carbocycles. The third-order valence-electron chi connectivity index (χ3n) is 3.25. The molecule has 1 heterocycles. The maximum absolute atomic E-state index is 14.6. The lowest BCUT2D eigenvalue weighted by Gasteiger charge is -2.13. The molecule has 1 aromatic carbocycles. The summed E-state index contributed by atoms with van der Waals surface area (Å²) in [6.45, 7) is 1.69. The van der Waals surface area contributed by atoms with Crippen LogP contribution in [0.15, 0.2) is 35.6 Å². The Morgan fingerprint density at radius 1 is 1.48 bits per heavy atom. The van der Waals surface area contributed by atoms with E-state index in [1.807, 2.05) is 0 Å². The van der Waals surface area contributed by atoms with Crippen molar-refractivity contribution in [3.63, 3.8) is 0 Å². The van der Waals surface area contributed by atoms with Crippen LogP contribution in [0.4, 0.5) is 10.2 Å². The second kappa shape index (κ2) is 7.19. The van der Waals surface area contributed by atoms with E-state index in [1.54, 1.807) is 6.92 Å². The van der Waals surface area contributed by atoms with Crippen molar-refractivity contribution in [2.45, 2.75) is 19.4 Å². The predicted molar refractivity (Wildman–Crippen MR) is 83.1 cm³/mol. The van der Waals surface area contributed by atoms with Crippen molar-refractivity contribution in [3.8, 4) is 0 Å². The minimum absolute atomic E-state index is 0.0129. The maximum Gasteiger partial charge on any atom is 0.199 e. The highest BCUT2D eigenvalue weighted by atomic mass is 35.5. The lowest BCUT2D eigenvalue weighted by molar-refractivity contribution is 0.103. The van der Waals surface area contributed by atoms with Gasteiger partial charge in [0.1, 0.15) is 11.6 Å². The number of ketones is 1. The van der Waals surface area contributed by atoms with Crippen molar-refractivity contribution in [1.82, 2.24) is 4.98 Å². The van der Waals surface area contributed by atoms with E-state index >= 15 is 0 Å². The molecule has 0 amide bonds. The number of hydrogen-bond acceptors (Lipinski definition) is 4. The van der Waals surface area contributed by atoms with Crippen LogP contribution < -0.4 is 0 Å². The smallest absolute Gasteiger partial charge is 0.199 e. The quantitative estimate of drug-likeness (QED) is 0.377. The average molecular weight is 335 g/mol. The molecular formula is C15H12ClFN4O2. The van der Waals surface area contributed by atoms with E-state index in [0.29, 0.717) is 6.42 Å². The van der Waals surface area contributed by atoms with Gasteiger partial charge in [0.05, 0.1) is 16.7 Å². The van der Waals surface area contributed by atoms with Crippen molar-refractivity contribution in [2.24, 2.45) is 5.11 Å². The second-order valence-electron chi connectivity index (χ2n) is 4.67. The number of benzene rings is 1. The van der Waals surface area contributed by atoms with E-state index in [9.17, 15) is 14.3 Å². The van der Waals surface area contributed by atoms with Gasteiger partial charge in [0.15, 0.2) is 5.78 Å². The lowest BCUT2D eigenvalue weighted by atomic mass is 9.98. The fourth-order valence-corrected chi connectivity index (χ4v) is 2.26. The number of nitrogens with zero attached hydrogens (tertiary/aromatic N) is 4. The molecule has 0 saturated carbocycles. The number of azide groups is 1. The Bertz CT molecular complexity index is 789. The molecule has 0 aliphatic rings. The molecule has 2 aromatic rings. The van der Waals surface area contributed by atoms with Gasteiger partial charge in [-0.3, -0.25) is 9.78 Å². The zero-order valence-electron chi connectivity index (χ0n) is 12.1. The first-order chi connectivity index (χ1) is 11.0. The summed E-state index contributed by atoms with van der Waals surface area (Å²) < 4.78 is 14.6. The van der Waals surface area contributed by atoms with Crippen LogP contribution in [-0.4, -0.2) is 15.9 Å². The molecule has 0 aliphatic heterocycles. The van der Waals surface area contributed by atoms with E-state index in [-0.39, 0.29) is 27.5 Å². The maximum atomic E-state index is 14.6. The summed E-state index contributed by atoms with van der Waals surface area (Å²) in [5.74, 6) is -1.43. The summed E-state index contributed by atoms with van der Waals surface area (Å²) >= 11 is 5.95. The molecular weight excluding hydrogens is 323 g/mol. The number of aliphatic hydroxyl groups excluding tert-OH is 1. The Labute approximate surface area is 136 Å². The van der Waals surface area contributed by atoms with Gasteiger partial charge >= 0.3 is 0 Å². The first-order valence-corrected chi connectivity index (χ1v) is 7.09. The van der Waals surface area contributed by atoms with E-state index < -0.39 is 17.7 Å². The third kappa shape index (κ3) is 3.48. The summed E-state index contributed by atoms with van der Waals surface area (Å²) in [6.07, 6.45) is 0.448. The molecule has 0 saturated heterocycles. The standard InChI is InChI=1S/C15H12ClFN4O2/c1-2-11(22)9-4-5-10(16)13(14(9)17)15(23)8-3-6-12(19-7-8)20-21-18/h3-7,11,22H,2H2,1H3. The van der Waals surface area contributed by atoms with Gasteiger partial charge in [-0.25, -0.2) is 4.39 Å². The number of rotatable bonds is 5. The average Bonchev–Trinajstić information content (AvgIpc) is 2.55. The Balaban J connectivity index is 2.48. The fourth-order valence-electron chi connectivity index (χ4n) is 2.02. The van der Waals surface area contributed by atoms with Crippen molar-refractivity contribution < 1.29 is 14.3 Å². The van der Waals surface area contributed by atoms with E-state index in [1.165, 1.54) is 30.5 Å². The molecule has 0 bridgehead atoms. The zero-order chi connectivity index (χ0) is 17.0. The van der Waals surface area contributed by atoms with Crippen LogP contribution in [0.1, 0.15) is 40.9 Å². The topological polar surface area (TPSA) is 99.0 Å². The van der Waals surface area contributed by atoms with Gasteiger partial charge in [-0.15, -0.1) is 0 Å². The molecule has 0 radical (unpaired) electrons. The predicted octanol–water partition coefficient (Wildman–Crippen LogP) is 4.49. The Morgan fingerprint density at radius 2 is 2.22 bits per heavy atom. The van der Waals surface area contributed by atoms with Crippen LogP contribution in [0.25, 0.3) is 10.4 Å². The zero-order valence-corrected chi connectivity index (χ0v) is 12.8. The van der Waals surface area contributed by atoms with Gasteiger partial charge in [-0.1, -0.05) is 24.6 Å². The molecule has 118 valence electrons. The van der Waals surface area contributed by atoms with E-state index in [4.69, 9.17) is 17.1 Å². The molecule has 1 N–H and O–H groups in total. The van der Waals surface area contributed by atoms with Gasteiger partial charge in [-0.05, 0) is 35.3 Å². The minimum atomic E-state index is -1.02. The fraction of sp³-hybridized carbons (Fsp3) is 0.200. The second-order valence-corrected chi connectivity index (χ2v) is 5.08. The number of aliphatic hydroxyl groups is 1. The highest BCUT2D eigenvalue weighted by Crippen LogP contribution is 2.29. The van der Waals surface area contributed by atoms with Crippen LogP contribution >= 0.6 is 11.6 Å². The van der Waals surface area contributed by atoms with Crippen molar-refractivity contribution in [2.75, 3.05) is 0 Å². The lowest BCUT2D eigenvalue weighted by Crippen LogP contribution is -2.10. The first-order valence-electron chi connectivity index (χ1n) is 6.71. The van der Waals surface area contributed by atoms with Gasteiger partial charge < -0.3 is 5.11 Å². The Hall–Kier alpha value is -2.47. The number of carbonyl (C=O) groups excluding carboxylic acids is 1. The van der Waals surface area contributed by atoms with Gasteiger partial charge in [-0.2, -0.15) is 0 Å². The van der Waals surface area contributed by atoms with Crippen LogP contribution in [-0.2, 0) is 0 Å². The number of pyridine rings is 1. The molecule has 1 aromatic heterocycles. The summed E-state index contributed by atoms with van der Waals surface area (Å²) in [5.41, 5.74) is 8.09. The largest absolute Gasteiger partial charge is 0.388 e. The molecule has 1 unspecified atom stereocenters. The summed E-state index contributed by atoms with van der Waals surface area (Å²) in [6, 6.07) is 5.42. The summed E-state index contributed by atoms with van der Waals surface area (Å²) in [5, 5.41) is 13.1. The monoisotopic (exact) mass is 334 g/mol. The highest BCUT2D eigenvalue weighted by Gasteiger charge is 2.23. The van der Waals surface area contributed by atoms with E-state index in [0.717, 1.165) is 0 Å². The molecule has 23 heavy (non-hydrogen) atoms. The van der Waals surface area contributed by atoms with Crippen LogP contribution in [0.5, 0.6) is 0 Å². The van der Waals surface area contributed by atoms with E-state index in [2.05, 4.69) is 15.0 Å². The molecule has 0 fully saturated rings. The summed E-state index contributed by atoms with van der Waals surface area (Å²) in [7, 11) is 0. The normalized spacial score (nSPS) is 11.7. The number of hydrogen-bond donors (Lipinski definition) is 1. The first kappa shape index (κ1) is 16.9. The van der Waals surface area contributed by atoms with Crippen LogP contribution in [0, 0.1) is 5.82 Å². The summed E-state index contributed by atoms with van der Waals surface area (Å²) in [4.78, 5) is 18.8. The SMILES string of the molecule is CCC(O)c1ccc(Cl)c(C(=O)c2ccc(N=[N+]=[N-])nc2)c1F. The van der Waals surface area contributed by atoms with Gasteiger partial charge in [0, 0.05) is 22.2 Å². The number of aromatic nitrogens is 1. The molecule has 1 atom stereocenters. The number of halogens is 2. The highest BCUT2D eigenvalue weighted by molar-refractivity contribution is 6.35. The van der Waals surface area contributed by atoms with Crippen molar-refractivity contribution >= 4 is 23.2 Å².